The van der Waals surface area contributed by atoms with Crippen LogP contribution < -0.4 is 5.19 Å². The van der Waals surface area contributed by atoms with Crippen molar-refractivity contribution in [1.29, 1.82) is 0 Å². The maximum absolute atomic E-state index is 5.90. The maximum Gasteiger partial charge on any atom is 0.981 e. The van der Waals surface area contributed by atoms with Gasteiger partial charge in [-0.1, -0.05) is 36.4 Å². The van der Waals surface area contributed by atoms with Crippen LogP contribution in [0.15, 0.2) is 59.5 Å². The second kappa shape index (κ2) is 10.2. The maximum atomic E-state index is 5.90. The van der Waals surface area contributed by atoms with E-state index in [2.05, 4.69) is 18.7 Å². The fourth-order valence-corrected chi connectivity index (χ4v) is 6.28. The van der Waals surface area contributed by atoms with Crippen LogP contribution in [-0.4, -0.2) is 36.2 Å². The minimum atomic E-state index is -1.07. The van der Waals surface area contributed by atoms with Crippen molar-refractivity contribution in [2.45, 2.75) is 18.4 Å². The lowest BCUT2D eigenvalue weighted by atomic mass is 10.2. The van der Waals surface area contributed by atoms with Gasteiger partial charge in [-0.05, 0) is 23.2 Å². The molecule has 8 heteroatoms. The summed E-state index contributed by atoms with van der Waals surface area (Å²) in [5.74, 6) is 0. The molecule has 2 rings (SSSR count). The van der Waals surface area contributed by atoms with E-state index in [0.717, 1.165) is 10.5 Å². The van der Waals surface area contributed by atoms with E-state index >= 15 is 0 Å². The molecule has 0 spiro atoms. The van der Waals surface area contributed by atoms with Gasteiger partial charge in [-0.25, -0.2) is 0 Å². The van der Waals surface area contributed by atoms with Crippen LogP contribution in [-0.2, 0) is 27.7 Å². The second-order valence-corrected chi connectivity index (χ2v) is 10.1. The van der Waals surface area contributed by atoms with E-state index in [1.165, 1.54) is 5.19 Å². The predicted molar refractivity (Wildman–Crippen MR) is 96.3 cm³/mol. The number of rotatable bonds is 9. The first-order chi connectivity index (χ1) is 11.2. The zero-order chi connectivity index (χ0) is 16.5. The minimum Gasteiger partial charge on any atom is -0.393 e. The van der Waals surface area contributed by atoms with Crippen LogP contribution in [0, 0.1) is 6.92 Å². The summed E-state index contributed by atoms with van der Waals surface area (Å²) in [4.78, 5) is 1.03. The summed E-state index contributed by atoms with van der Waals surface area (Å²) >= 11 is -0.781. The van der Waals surface area contributed by atoms with Gasteiger partial charge in [0, 0.05) is 18.7 Å². The Bertz CT molecular complexity index is 588. The summed E-state index contributed by atoms with van der Waals surface area (Å²) in [5.41, 5.74) is 1.13. The standard InChI is InChI=1S/C15H18O4SSi3/c1-13-9-7-8-12-15(13)20(17-21-16-2)18-22-19-23(3)14-10-5-4-6-11-14/h4-12H,1-3H3/q+3. The van der Waals surface area contributed by atoms with Crippen molar-refractivity contribution in [3.8, 4) is 0 Å². The van der Waals surface area contributed by atoms with E-state index in [1.807, 2.05) is 49.4 Å². The zero-order valence-corrected chi connectivity index (χ0v) is 17.1. The fourth-order valence-electron chi connectivity index (χ4n) is 1.76. The van der Waals surface area contributed by atoms with Gasteiger partial charge in [-0.15, -0.1) is 0 Å². The second-order valence-electron chi connectivity index (χ2n) is 4.56. The highest BCUT2D eigenvalue weighted by molar-refractivity contribution is 7.89. The Morgan fingerprint density at radius 3 is 2.43 bits per heavy atom. The number of benzene rings is 2. The molecule has 0 aliphatic rings. The van der Waals surface area contributed by atoms with Crippen LogP contribution in [0.25, 0.3) is 0 Å². The molecule has 23 heavy (non-hydrogen) atoms. The molecule has 1 unspecified atom stereocenters. The first-order valence-corrected chi connectivity index (χ1v) is 11.6. The third kappa shape index (κ3) is 6.01. The summed E-state index contributed by atoms with van der Waals surface area (Å²) in [6, 6.07) is 18.3. The smallest absolute Gasteiger partial charge is 0.393 e. The molecule has 117 valence electrons. The van der Waals surface area contributed by atoms with Gasteiger partial charge >= 0.3 is 40.5 Å². The van der Waals surface area contributed by atoms with Crippen LogP contribution in [0.5, 0.6) is 0 Å². The Labute approximate surface area is 147 Å². The van der Waals surface area contributed by atoms with Gasteiger partial charge in [0.2, 0.25) is 4.90 Å². The van der Waals surface area contributed by atoms with Crippen molar-refractivity contribution in [2.24, 2.45) is 0 Å². The van der Waals surface area contributed by atoms with Gasteiger partial charge in [0.25, 0.3) is 0 Å². The molecule has 0 fully saturated rings. The monoisotopic (exact) mass is 378 g/mol. The SMILES string of the molecule is CO[Si]O[S+](O[Si+]O[Si+](C)c1ccccc1)c1ccccc1C. The van der Waals surface area contributed by atoms with Gasteiger partial charge in [0.05, 0.1) is 10.4 Å². The van der Waals surface area contributed by atoms with Gasteiger partial charge in [0.15, 0.2) is 0 Å². The van der Waals surface area contributed by atoms with E-state index in [1.54, 1.807) is 7.11 Å². The fraction of sp³-hybridized carbons (Fsp3) is 0.200. The summed E-state index contributed by atoms with van der Waals surface area (Å²) < 4.78 is 22.5. The molecule has 2 aromatic carbocycles. The molecule has 0 saturated heterocycles. The molecule has 0 amide bonds. The molecule has 0 saturated carbocycles. The quantitative estimate of drug-likeness (QED) is 0.495. The van der Waals surface area contributed by atoms with Crippen LogP contribution in [0.3, 0.4) is 0 Å². The van der Waals surface area contributed by atoms with Crippen molar-refractivity contribution in [1.82, 2.24) is 0 Å². The van der Waals surface area contributed by atoms with Crippen molar-refractivity contribution >= 4 is 45.7 Å². The molecule has 0 heterocycles. The summed E-state index contributed by atoms with van der Waals surface area (Å²) in [6.07, 6.45) is 0. The van der Waals surface area contributed by atoms with E-state index < -0.39 is 20.5 Å². The Morgan fingerprint density at radius 2 is 1.74 bits per heavy atom. The first-order valence-electron chi connectivity index (χ1n) is 6.95. The molecule has 4 nitrogen and oxygen atoms in total. The highest BCUT2D eigenvalue weighted by Gasteiger charge is 2.48. The van der Waals surface area contributed by atoms with Gasteiger partial charge in [-0.3, -0.25) is 0 Å². The molecule has 0 N–H and O–H groups in total. The Kier molecular flexibility index (Phi) is 8.26. The Balaban J connectivity index is 1.92. The summed E-state index contributed by atoms with van der Waals surface area (Å²) in [6.45, 7) is 4.15. The number of aryl methyl sites for hydroxylation is 1. The molecule has 0 aliphatic heterocycles. The number of hydrogen-bond donors (Lipinski definition) is 0. The molecular formula is C15H18O4SSi3+3. The van der Waals surface area contributed by atoms with Crippen molar-refractivity contribution < 1.29 is 16.3 Å². The third-order valence-electron chi connectivity index (χ3n) is 2.95. The average molecular weight is 379 g/mol. The molecular weight excluding hydrogens is 360 g/mol. The predicted octanol–water partition coefficient (Wildman–Crippen LogP) is 2.10. The van der Waals surface area contributed by atoms with E-state index in [0.29, 0.717) is 0 Å². The molecule has 0 aliphatic carbocycles. The Morgan fingerprint density at radius 1 is 1.04 bits per heavy atom. The normalized spacial score (nSPS) is 12.0. The van der Waals surface area contributed by atoms with E-state index in [-0.39, 0.29) is 20.0 Å². The average Bonchev–Trinajstić information content (AvgIpc) is 2.59. The van der Waals surface area contributed by atoms with Crippen LogP contribution >= 0.6 is 0 Å². The zero-order valence-electron chi connectivity index (χ0n) is 13.2. The molecule has 3 radical (unpaired) electrons. The summed E-state index contributed by atoms with van der Waals surface area (Å²) in [7, 11) is 0.417. The topological polar surface area (TPSA) is 36.9 Å². The molecule has 1 atom stereocenters. The van der Waals surface area contributed by atoms with Crippen molar-refractivity contribution in [3.63, 3.8) is 0 Å². The Hall–Kier alpha value is -0.719. The highest BCUT2D eigenvalue weighted by atomic mass is 32.2. The largest absolute Gasteiger partial charge is 0.981 e. The first kappa shape index (κ1) is 18.6. The minimum absolute atomic E-state index is 0.0598. The van der Waals surface area contributed by atoms with Gasteiger partial charge in [0.1, 0.15) is 5.19 Å². The lowest BCUT2D eigenvalue weighted by molar-refractivity contribution is 0.365. The van der Waals surface area contributed by atoms with Crippen LogP contribution in [0.1, 0.15) is 5.56 Å². The molecule has 0 bridgehead atoms. The lowest BCUT2D eigenvalue weighted by Gasteiger charge is -1.99. The molecule has 2 aromatic rings. The van der Waals surface area contributed by atoms with E-state index in [4.69, 9.17) is 16.3 Å². The van der Waals surface area contributed by atoms with Crippen molar-refractivity contribution in [3.05, 3.63) is 60.2 Å². The number of hydrogen-bond acceptors (Lipinski definition) is 4. The lowest BCUT2D eigenvalue weighted by Crippen LogP contribution is -2.33. The van der Waals surface area contributed by atoms with E-state index in [9.17, 15) is 0 Å². The van der Waals surface area contributed by atoms with Crippen LogP contribution in [0.2, 0.25) is 6.55 Å². The van der Waals surface area contributed by atoms with Crippen molar-refractivity contribution in [2.75, 3.05) is 7.11 Å². The van der Waals surface area contributed by atoms with Gasteiger partial charge < -0.3 is 4.43 Å². The van der Waals surface area contributed by atoms with Crippen LogP contribution in [0.4, 0.5) is 0 Å². The summed E-state index contributed by atoms with van der Waals surface area (Å²) in [5, 5.41) is 1.23. The van der Waals surface area contributed by atoms with Gasteiger partial charge in [-0.2, -0.15) is 3.87 Å². The third-order valence-corrected chi connectivity index (χ3v) is 8.39. The highest BCUT2D eigenvalue weighted by Crippen LogP contribution is 2.20. The molecule has 0 aromatic heterocycles.